The molecule has 2 saturated heterocycles. The molecule has 7 heteroatoms. The van der Waals surface area contributed by atoms with E-state index in [1.807, 2.05) is 4.90 Å². The molecule has 0 spiro atoms. The first-order valence-electron chi connectivity index (χ1n) is 9.32. The Morgan fingerprint density at radius 1 is 1.12 bits per heavy atom. The molecule has 26 heavy (non-hydrogen) atoms. The van der Waals surface area contributed by atoms with Gasteiger partial charge in [0.05, 0.1) is 16.2 Å². The van der Waals surface area contributed by atoms with Gasteiger partial charge in [-0.25, -0.2) is 0 Å². The van der Waals surface area contributed by atoms with E-state index in [0.29, 0.717) is 18.7 Å². The van der Waals surface area contributed by atoms with E-state index in [1.165, 1.54) is 25.0 Å². The highest BCUT2D eigenvalue weighted by Gasteiger charge is 2.29. The minimum atomic E-state index is -0.489. The van der Waals surface area contributed by atoms with Crippen LogP contribution in [-0.2, 0) is 4.79 Å². The van der Waals surface area contributed by atoms with E-state index < -0.39 is 4.92 Å². The zero-order valence-corrected chi connectivity index (χ0v) is 14.9. The number of nitriles is 1. The molecular weight excluding hydrogens is 332 g/mol. The lowest BCUT2D eigenvalue weighted by molar-refractivity contribution is -0.384. The molecule has 0 N–H and O–H groups in total. The number of benzene rings is 1. The van der Waals surface area contributed by atoms with Crippen molar-refractivity contribution < 1.29 is 9.72 Å². The maximum absolute atomic E-state index is 12.8. The summed E-state index contributed by atoms with van der Waals surface area (Å²) in [4.78, 5) is 27.3. The van der Waals surface area contributed by atoms with Crippen molar-refractivity contribution in [1.29, 1.82) is 5.26 Å². The van der Waals surface area contributed by atoms with E-state index in [9.17, 15) is 20.2 Å². The molecule has 138 valence electrons. The van der Waals surface area contributed by atoms with Crippen LogP contribution in [0.15, 0.2) is 18.2 Å². The fourth-order valence-electron chi connectivity index (χ4n) is 3.92. The number of carbonyl (C=O) groups excluding carboxylic acids is 1. The van der Waals surface area contributed by atoms with E-state index in [2.05, 4.69) is 11.0 Å². The summed E-state index contributed by atoms with van der Waals surface area (Å²) < 4.78 is 0. The molecule has 0 atom stereocenters. The van der Waals surface area contributed by atoms with Gasteiger partial charge in [-0.3, -0.25) is 14.9 Å². The second kappa shape index (κ2) is 8.17. The third-order valence-electron chi connectivity index (χ3n) is 5.41. The first kappa shape index (κ1) is 18.2. The van der Waals surface area contributed by atoms with Crippen LogP contribution in [0.3, 0.4) is 0 Å². The van der Waals surface area contributed by atoms with E-state index in [4.69, 9.17) is 0 Å². The van der Waals surface area contributed by atoms with Gasteiger partial charge in [-0.05, 0) is 31.7 Å². The number of nitro groups is 1. The smallest absolute Gasteiger partial charge is 0.270 e. The van der Waals surface area contributed by atoms with Gasteiger partial charge in [0.2, 0.25) is 5.91 Å². The Bertz CT molecular complexity index is 712. The first-order chi connectivity index (χ1) is 12.6. The van der Waals surface area contributed by atoms with Crippen molar-refractivity contribution in [2.45, 2.75) is 38.5 Å². The second-order valence-corrected chi connectivity index (χ2v) is 7.07. The molecule has 0 aromatic heterocycles. The van der Waals surface area contributed by atoms with Crippen molar-refractivity contribution in [3.05, 3.63) is 33.9 Å². The summed E-state index contributed by atoms with van der Waals surface area (Å²) in [5.41, 5.74) is 0.965. The van der Waals surface area contributed by atoms with Gasteiger partial charge in [0.1, 0.15) is 6.07 Å². The monoisotopic (exact) mass is 356 g/mol. The second-order valence-electron chi connectivity index (χ2n) is 7.07. The predicted molar refractivity (Wildman–Crippen MR) is 97.8 cm³/mol. The number of carbonyl (C=O) groups is 1. The van der Waals surface area contributed by atoms with Crippen molar-refractivity contribution in [3.8, 4) is 6.07 Å². The highest BCUT2D eigenvalue weighted by atomic mass is 16.6. The van der Waals surface area contributed by atoms with Crippen LogP contribution >= 0.6 is 0 Å². The fourth-order valence-corrected chi connectivity index (χ4v) is 3.92. The first-order valence-corrected chi connectivity index (χ1v) is 9.32. The lowest BCUT2D eigenvalue weighted by Crippen LogP contribution is -2.43. The number of nitro benzene ring substituents is 1. The van der Waals surface area contributed by atoms with Crippen LogP contribution in [0, 0.1) is 27.4 Å². The van der Waals surface area contributed by atoms with Crippen molar-refractivity contribution in [2.24, 2.45) is 5.92 Å². The fraction of sp³-hybridized carbons (Fsp3) is 0.579. The van der Waals surface area contributed by atoms with Gasteiger partial charge in [0.25, 0.3) is 5.69 Å². The lowest BCUT2D eigenvalue weighted by atomic mass is 9.94. The van der Waals surface area contributed by atoms with Crippen molar-refractivity contribution in [3.63, 3.8) is 0 Å². The number of likely N-dealkylation sites (tertiary alicyclic amines) is 1. The third-order valence-corrected chi connectivity index (χ3v) is 5.41. The van der Waals surface area contributed by atoms with Gasteiger partial charge < -0.3 is 9.80 Å². The summed E-state index contributed by atoms with van der Waals surface area (Å²) in [5.74, 6) is 0.323. The third kappa shape index (κ3) is 3.96. The van der Waals surface area contributed by atoms with Crippen LogP contribution in [0.25, 0.3) is 0 Å². The molecule has 2 aliphatic heterocycles. The van der Waals surface area contributed by atoms with Crippen molar-refractivity contribution in [1.82, 2.24) is 4.90 Å². The number of anilines is 1. The van der Waals surface area contributed by atoms with Gasteiger partial charge in [0, 0.05) is 44.2 Å². The summed E-state index contributed by atoms with van der Waals surface area (Å²) in [6, 6.07) is 6.46. The molecule has 1 amide bonds. The molecule has 2 fully saturated rings. The quantitative estimate of drug-likeness (QED) is 0.613. The maximum atomic E-state index is 12.8. The van der Waals surface area contributed by atoms with Crippen LogP contribution in [-0.4, -0.2) is 41.9 Å². The molecule has 3 rings (SSSR count). The van der Waals surface area contributed by atoms with E-state index >= 15 is 0 Å². The average Bonchev–Trinajstić information content (AvgIpc) is 2.96. The average molecular weight is 356 g/mol. The van der Waals surface area contributed by atoms with Gasteiger partial charge in [-0.2, -0.15) is 5.26 Å². The topological polar surface area (TPSA) is 90.5 Å². The molecule has 7 nitrogen and oxygen atoms in total. The number of nitrogens with zero attached hydrogens (tertiary/aromatic N) is 4. The largest absolute Gasteiger partial charge is 0.370 e. The number of amides is 1. The van der Waals surface area contributed by atoms with Crippen LogP contribution in [0.1, 0.15) is 44.1 Å². The predicted octanol–water partition coefficient (Wildman–Crippen LogP) is 3.09. The number of hydrogen-bond donors (Lipinski definition) is 0. The van der Waals surface area contributed by atoms with Crippen LogP contribution < -0.4 is 4.90 Å². The van der Waals surface area contributed by atoms with Gasteiger partial charge in [0.15, 0.2) is 0 Å². The molecule has 0 unspecified atom stereocenters. The maximum Gasteiger partial charge on any atom is 0.270 e. The summed E-state index contributed by atoms with van der Waals surface area (Å²) in [6.45, 7) is 3.13. The zero-order chi connectivity index (χ0) is 18.5. The lowest BCUT2D eigenvalue weighted by Gasteiger charge is -2.35. The van der Waals surface area contributed by atoms with Crippen LogP contribution in [0.4, 0.5) is 11.4 Å². The van der Waals surface area contributed by atoms with Gasteiger partial charge in [-0.1, -0.05) is 12.8 Å². The SMILES string of the molecule is N#Cc1cc([N+](=O)[O-])ccc1N1CCC(C(=O)N2CCCCCC2)CC1. The number of hydrogen-bond acceptors (Lipinski definition) is 5. The Balaban J connectivity index is 1.64. The molecule has 1 aromatic rings. The summed E-state index contributed by atoms with van der Waals surface area (Å²) in [7, 11) is 0. The molecule has 2 heterocycles. The normalized spacial score (nSPS) is 18.9. The molecule has 0 bridgehead atoms. The van der Waals surface area contributed by atoms with Crippen molar-refractivity contribution >= 4 is 17.3 Å². The molecule has 0 saturated carbocycles. The highest BCUT2D eigenvalue weighted by Crippen LogP contribution is 2.30. The summed E-state index contributed by atoms with van der Waals surface area (Å²) in [5, 5.41) is 20.2. The highest BCUT2D eigenvalue weighted by molar-refractivity contribution is 5.79. The van der Waals surface area contributed by atoms with E-state index in [1.54, 1.807) is 6.07 Å². The summed E-state index contributed by atoms with van der Waals surface area (Å²) >= 11 is 0. The molecule has 1 aromatic carbocycles. The minimum absolute atomic E-state index is 0.0490. The molecule has 2 aliphatic rings. The Labute approximate surface area is 153 Å². The number of rotatable bonds is 3. The molecular formula is C19H24N4O3. The van der Waals surface area contributed by atoms with Gasteiger partial charge >= 0.3 is 0 Å². The molecule has 0 aliphatic carbocycles. The summed E-state index contributed by atoms with van der Waals surface area (Å²) in [6.07, 6.45) is 6.13. The Morgan fingerprint density at radius 2 is 1.77 bits per heavy atom. The van der Waals surface area contributed by atoms with Crippen LogP contribution in [0.2, 0.25) is 0 Å². The molecule has 0 radical (unpaired) electrons. The van der Waals surface area contributed by atoms with Crippen LogP contribution in [0.5, 0.6) is 0 Å². The Hall–Kier alpha value is -2.62. The number of non-ortho nitro benzene ring substituents is 1. The Kier molecular flexibility index (Phi) is 5.71. The zero-order valence-electron chi connectivity index (χ0n) is 14.9. The van der Waals surface area contributed by atoms with Gasteiger partial charge in [-0.15, -0.1) is 0 Å². The van der Waals surface area contributed by atoms with E-state index in [-0.39, 0.29) is 17.5 Å². The van der Waals surface area contributed by atoms with Crippen molar-refractivity contribution in [2.75, 3.05) is 31.1 Å². The Morgan fingerprint density at radius 3 is 2.35 bits per heavy atom. The number of piperidine rings is 1. The minimum Gasteiger partial charge on any atom is -0.370 e. The van der Waals surface area contributed by atoms with E-state index in [0.717, 1.165) is 44.5 Å². The standard InChI is InChI=1S/C19H24N4O3/c20-14-16-13-17(23(25)26)5-6-18(16)21-11-7-15(8-12-21)19(24)22-9-3-1-2-4-10-22/h5-6,13,15H,1-4,7-12H2.